The zero-order valence-corrected chi connectivity index (χ0v) is 23.1. The molecule has 0 saturated heterocycles. The Balaban J connectivity index is 1.60. The van der Waals surface area contributed by atoms with Crippen LogP contribution in [-0.4, -0.2) is 37.9 Å². The van der Waals surface area contributed by atoms with E-state index in [1.165, 1.54) is 11.1 Å². The van der Waals surface area contributed by atoms with Gasteiger partial charge in [-0.05, 0) is 69.5 Å². The monoisotopic (exact) mass is 533 g/mol. The minimum Gasteiger partial charge on any atom is -0.491 e. The molecule has 0 unspecified atom stereocenters. The molecule has 1 N–H and O–H groups in total. The highest BCUT2D eigenvalue weighted by Gasteiger charge is 2.27. The van der Waals surface area contributed by atoms with Crippen LogP contribution >= 0.6 is 11.6 Å². The zero-order chi connectivity index (χ0) is 27.0. The van der Waals surface area contributed by atoms with Crippen molar-refractivity contribution in [3.63, 3.8) is 0 Å². The molecule has 0 fully saturated rings. The molecule has 0 saturated carbocycles. The number of hydrogen-bond donors (Lipinski definition) is 1. The smallest absolute Gasteiger partial charge is 0.163 e. The van der Waals surface area contributed by atoms with Gasteiger partial charge in [0.2, 0.25) is 0 Å². The maximum absolute atomic E-state index is 10.1. The third kappa shape index (κ3) is 5.11. The second kappa shape index (κ2) is 10.7. The fourth-order valence-corrected chi connectivity index (χ4v) is 5.13. The predicted molar refractivity (Wildman–Crippen MR) is 147 cm³/mol. The Kier molecular flexibility index (Phi) is 7.36. The lowest BCUT2D eigenvalue weighted by Crippen LogP contribution is -2.19. The number of hydrogen-bond acceptors (Lipinski definition) is 8. The minimum atomic E-state index is -0.526. The van der Waals surface area contributed by atoms with Crippen molar-refractivity contribution in [3.05, 3.63) is 69.3 Å². The van der Waals surface area contributed by atoms with Crippen molar-refractivity contribution >= 4 is 17.4 Å². The number of benzene rings is 1. The molecule has 0 amide bonds. The lowest BCUT2D eigenvalue weighted by Gasteiger charge is -2.22. The van der Waals surface area contributed by atoms with Gasteiger partial charge in [0.15, 0.2) is 5.82 Å². The van der Waals surface area contributed by atoms with Crippen molar-refractivity contribution in [3.8, 4) is 28.4 Å². The van der Waals surface area contributed by atoms with Crippen molar-refractivity contribution in [2.75, 3.05) is 11.5 Å². The van der Waals surface area contributed by atoms with E-state index in [1.54, 1.807) is 12.1 Å². The summed E-state index contributed by atoms with van der Waals surface area (Å²) in [6, 6.07) is 7.53. The molecule has 3 aromatic heterocycles. The molecule has 0 bridgehead atoms. The number of aliphatic hydroxyl groups is 1. The zero-order valence-electron chi connectivity index (χ0n) is 22.4. The van der Waals surface area contributed by atoms with Gasteiger partial charge >= 0.3 is 0 Å². The topological polar surface area (TPSA) is 97.4 Å². The SMILES string of the molecule is CCC[C@@H](O)COc1ccc(Cl)c(-c2nc(-c3c(C)noc3C)c(C)c(N3Cc4cnc(C)cc4C3)n2)c1. The molecule has 1 aliphatic rings. The van der Waals surface area contributed by atoms with Crippen molar-refractivity contribution < 1.29 is 14.4 Å². The Hall–Kier alpha value is -3.49. The Bertz CT molecular complexity index is 1470. The molecule has 0 spiro atoms. The molecule has 4 heterocycles. The molecule has 198 valence electrons. The molecule has 1 aromatic carbocycles. The van der Waals surface area contributed by atoms with E-state index in [9.17, 15) is 5.11 Å². The highest BCUT2D eigenvalue weighted by molar-refractivity contribution is 6.33. The van der Waals surface area contributed by atoms with Crippen LogP contribution in [0.3, 0.4) is 0 Å². The van der Waals surface area contributed by atoms with Crippen molar-refractivity contribution in [1.82, 2.24) is 20.1 Å². The van der Waals surface area contributed by atoms with Crippen LogP contribution in [0.4, 0.5) is 5.82 Å². The molecular formula is C29H32ClN5O3. The van der Waals surface area contributed by atoms with Crippen LogP contribution in [0.15, 0.2) is 35.0 Å². The number of aryl methyl sites for hydroxylation is 3. The second-order valence-electron chi connectivity index (χ2n) is 9.89. The Morgan fingerprint density at radius 3 is 2.63 bits per heavy atom. The normalized spacial score (nSPS) is 13.6. The third-order valence-electron chi connectivity index (χ3n) is 6.87. The average molecular weight is 534 g/mol. The lowest BCUT2D eigenvalue weighted by atomic mass is 10.0. The van der Waals surface area contributed by atoms with Crippen LogP contribution in [0.5, 0.6) is 5.75 Å². The Morgan fingerprint density at radius 1 is 1.11 bits per heavy atom. The Morgan fingerprint density at radius 2 is 1.89 bits per heavy atom. The standard InChI is InChI=1S/C29H32ClN5O3/c1-6-7-22(36)15-37-23-8-9-25(30)24(11-23)28-32-27(26-18(4)34-38-19(26)5)17(3)29(33-28)35-13-20-10-16(2)31-12-21(20)14-35/h8-12,22,36H,6-7,13-15H2,1-5H3/t22-/m1/s1. The van der Waals surface area contributed by atoms with Crippen LogP contribution in [0.25, 0.3) is 22.6 Å². The number of nitrogens with zero attached hydrogens (tertiary/aromatic N) is 5. The first-order chi connectivity index (χ1) is 18.2. The van der Waals surface area contributed by atoms with E-state index in [2.05, 4.69) is 21.1 Å². The first-order valence-electron chi connectivity index (χ1n) is 12.9. The number of aliphatic hydroxyl groups excluding tert-OH is 1. The van der Waals surface area contributed by atoms with Crippen LogP contribution in [0.1, 0.15) is 53.6 Å². The molecule has 8 nitrogen and oxygen atoms in total. The molecular weight excluding hydrogens is 502 g/mol. The summed E-state index contributed by atoms with van der Waals surface area (Å²) in [6.07, 6.45) is 2.99. The summed E-state index contributed by atoms with van der Waals surface area (Å²) in [5.74, 6) is 2.59. The molecule has 38 heavy (non-hydrogen) atoms. The minimum absolute atomic E-state index is 0.207. The van der Waals surface area contributed by atoms with E-state index in [4.69, 9.17) is 30.8 Å². The molecule has 4 aromatic rings. The van der Waals surface area contributed by atoms with E-state index >= 15 is 0 Å². The summed E-state index contributed by atoms with van der Waals surface area (Å²) < 4.78 is 11.4. The van der Waals surface area contributed by atoms with Gasteiger partial charge in [-0.15, -0.1) is 0 Å². The fourth-order valence-electron chi connectivity index (χ4n) is 4.92. The number of anilines is 1. The van der Waals surface area contributed by atoms with Crippen LogP contribution < -0.4 is 9.64 Å². The second-order valence-corrected chi connectivity index (χ2v) is 10.3. The van der Waals surface area contributed by atoms with Crippen molar-refractivity contribution in [1.29, 1.82) is 0 Å². The number of ether oxygens (including phenoxy) is 1. The lowest BCUT2D eigenvalue weighted by molar-refractivity contribution is 0.0994. The Labute approximate surface area is 227 Å². The molecule has 1 aliphatic heterocycles. The highest BCUT2D eigenvalue weighted by atomic mass is 35.5. The molecule has 5 rings (SSSR count). The number of rotatable bonds is 8. The third-order valence-corrected chi connectivity index (χ3v) is 7.20. The molecule has 9 heteroatoms. The molecule has 1 atom stereocenters. The molecule has 0 aliphatic carbocycles. The average Bonchev–Trinajstić information content (AvgIpc) is 3.46. The highest BCUT2D eigenvalue weighted by Crippen LogP contribution is 2.39. The van der Waals surface area contributed by atoms with E-state index in [0.29, 0.717) is 40.9 Å². The van der Waals surface area contributed by atoms with Gasteiger partial charge in [0.05, 0.1) is 28.1 Å². The van der Waals surface area contributed by atoms with Gasteiger partial charge in [0.25, 0.3) is 0 Å². The van der Waals surface area contributed by atoms with Gasteiger partial charge in [0, 0.05) is 36.1 Å². The van der Waals surface area contributed by atoms with Crippen LogP contribution in [0.2, 0.25) is 5.02 Å². The van der Waals surface area contributed by atoms with Gasteiger partial charge in [-0.1, -0.05) is 30.1 Å². The predicted octanol–water partition coefficient (Wildman–Crippen LogP) is 6.14. The maximum Gasteiger partial charge on any atom is 0.163 e. The van der Waals surface area contributed by atoms with E-state index in [0.717, 1.165) is 47.0 Å². The number of halogens is 1. The fraction of sp³-hybridized carbons (Fsp3) is 0.379. The van der Waals surface area contributed by atoms with Gasteiger partial charge in [-0.3, -0.25) is 4.98 Å². The summed E-state index contributed by atoms with van der Waals surface area (Å²) in [6.45, 7) is 11.5. The summed E-state index contributed by atoms with van der Waals surface area (Å²) in [5.41, 5.74) is 7.39. The van der Waals surface area contributed by atoms with Crippen molar-refractivity contribution in [2.45, 2.75) is 66.7 Å². The molecule has 0 radical (unpaired) electrons. The summed E-state index contributed by atoms with van der Waals surface area (Å²) in [7, 11) is 0. The van der Waals surface area contributed by atoms with Crippen LogP contribution in [-0.2, 0) is 13.1 Å². The largest absolute Gasteiger partial charge is 0.491 e. The van der Waals surface area contributed by atoms with E-state index in [1.807, 2.05) is 46.9 Å². The summed E-state index contributed by atoms with van der Waals surface area (Å²) >= 11 is 6.69. The van der Waals surface area contributed by atoms with Crippen molar-refractivity contribution in [2.24, 2.45) is 0 Å². The summed E-state index contributed by atoms with van der Waals surface area (Å²) in [4.78, 5) is 16.8. The van der Waals surface area contributed by atoms with E-state index < -0.39 is 6.10 Å². The number of fused-ring (bicyclic) bond motifs is 1. The quantitative estimate of drug-likeness (QED) is 0.288. The summed E-state index contributed by atoms with van der Waals surface area (Å²) in [5, 5.41) is 14.8. The van der Waals surface area contributed by atoms with Gasteiger partial charge in [-0.25, -0.2) is 9.97 Å². The number of pyridine rings is 1. The van der Waals surface area contributed by atoms with Crippen LogP contribution in [0, 0.1) is 27.7 Å². The van der Waals surface area contributed by atoms with Gasteiger partial charge in [-0.2, -0.15) is 0 Å². The van der Waals surface area contributed by atoms with E-state index in [-0.39, 0.29) is 6.61 Å². The maximum atomic E-state index is 10.1. The number of aromatic nitrogens is 4. The van der Waals surface area contributed by atoms with Gasteiger partial charge in [0.1, 0.15) is 23.9 Å². The first-order valence-corrected chi connectivity index (χ1v) is 13.2. The first kappa shape index (κ1) is 26.1. The van der Waals surface area contributed by atoms with Gasteiger partial charge < -0.3 is 19.3 Å².